The molecule has 0 radical (unpaired) electrons. The SMILES string of the molecule is O=C(O)CN1CCOC(=O)CC1. The molecule has 0 amide bonds. The van der Waals surface area contributed by atoms with E-state index in [1.54, 1.807) is 4.90 Å². The lowest BCUT2D eigenvalue weighted by Crippen LogP contribution is -2.31. The van der Waals surface area contributed by atoms with Gasteiger partial charge in [-0.25, -0.2) is 0 Å². The van der Waals surface area contributed by atoms with Gasteiger partial charge in [-0.3, -0.25) is 14.5 Å². The van der Waals surface area contributed by atoms with Gasteiger partial charge in [-0.05, 0) is 0 Å². The third-order valence-corrected chi connectivity index (χ3v) is 1.66. The van der Waals surface area contributed by atoms with Crippen molar-refractivity contribution in [1.29, 1.82) is 0 Å². The Morgan fingerprint density at radius 1 is 1.58 bits per heavy atom. The molecule has 0 aromatic heterocycles. The molecule has 0 saturated carbocycles. The van der Waals surface area contributed by atoms with E-state index in [0.29, 0.717) is 19.7 Å². The van der Waals surface area contributed by atoms with Crippen molar-refractivity contribution in [3.63, 3.8) is 0 Å². The van der Waals surface area contributed by atoms with E-state index in [4.69, 9.17) is 9.84 Å². The van der Waals surface area contributed by atoms with Gasteiger partial charge >= 0.3 is 11.9 Å². The largest absolute Gasteiger partial charge is 0.480 e. The molecule has 0 unspecified atom stereocenters. The summed E-state index contributed by atoms with van der Waals surface area (Å²) < 4.78 is 4.74. The molecule has 0 atom stereocenters. The Morgan fingerprint density at radius 2 is 2.33 bits per heavy atom. The molecule has 0 aromatic carbocycles. The molecule has 0 spiro atoms. The summed E-state index contributed by atoms with van der Waals surface area (Å²) in [4.78, 5) is 22.7. The maximum absolute atomic E-state index is 10.7. The van der Waals surface area contributed by atoms with E-state index in [1.807, 2.05) is 0 Å². The Labute approximate surface area is 69.9 Å². The monoisotopic (exact) mass is 173 g/mol. The van der Waals surface area contributed by atoms with Gasteiger partial charge in [0.25, 0.3) is 0 Å². The highest BCUT2D eigenvalue weighted by atomic mass is 16.5. The third-order valence-electron chi connectivity index (χ3n) is 1.66. The molecule has 0 aromatic rings. The highest BCUT2D eigenvalue weighted by Gasteiger charge is 2.16. The van der Waals surface area contributed by atoms with Crippen LogP contribution in [0.4, 0.5) is 0 Å². The van der Waals surface area contributed by atoms with Crippen molar-refractivity contribution >= 4 is 11.9 Å². The first-order valence-corrected chi connectivity index (χ1v) is 3.78. The van der Waals surface area contributed by atoms with Crippen LogP contribution in [-0.2, 0) is 14.3 Å². The highest BCUT2D eigenvalue weighted by molar-refractivity contribution is 5.71. The van der Waals surface area contributed by atoms with Gasteiger partial charge in [-0.1, -0.05) is 0 Å². The standard InChI is InChI=1S/C7H11NO4/c9-6(10)5-8-2-1-7(11)12-4-3-8/h1-5H2,(H,9,10). The van der Waals surface area contributed by atoms with Crippen LogP contribution in [0.3, 0.4) is 0 Å². The van der Waals surface area contributed by atoms with Gasteiger partial charge in [0.1, 0.15) is 6.61 Å². The third kappa shape index (κ3) is 2.87. The first kappa shape index (κ1) is 8.99. The summed E-state index contributed by atoms with van der Waals surface area (Å²) in [5.74, 6) is -1.12. The summed E-state index contributed by atoms with van der Waals surface area (Å²) in [5, 5.41) is 8.46. The van der Waals surface area contributed by atoms with Crippen molar-refractivity contribution in [1.82, 2.24) is 4.90 Å². The minimum atomic E-state index is -0.871. The van der Waals surface area contributed by atoms with Gasteiger partial charge in [-0.2, -0.15) is 0 Å². The van der Waals surface area contributed by atoms with Gasteiger partial charge in [0.15, 0.2) is 0 Å². The Hall–Kier alpha value is -1.10. The first-order chi connectivity index (χ1) is 5.68. The van der Waals surface area contributed by atoms with Crippen molar-refractivity contribution < 1.29 is 19.4 Å². The maximum Gasteiger partial charge on any atom is 0.317 e. The predicted molar refractivity (Wildman–Crippen MR) is 39.7 cm³/mol. The van der Waals surface area contributed by atoms with Gasteiger partial charge < -0.3 is 9.84 Å². The number of carbonyl (C=O) groups is 2. The van der Waals surface area contributed by atoms with E-state index in [1.165, 1.54) is 0 Å². The van der Waals surface area contributed by atoms with Crippen molar-refractivity contribution in [2.45, 2.75) is 6.42 Å². The zero-order chi connectivity index (χ0) is 8.97. The molecular formula is C7H11NO4. The van der Waals surface area contributed by atoms with Crippen LogP contribution in [0.5, 0.6) is 0 Å². The normalized spacial score (nSPS) is 19.8. The number of rotatable bonds is 2. The summed E-state index contributed by atoms with van der Waals surface area (Å²) in [6.07, 6.45) is 0.285. The number of nitrogens with zero attached hydrogens (tertiary/aromatic N) is 1. The van der Waals surface area contributed by atoms with E-state index in [2.05, 4.69) is 0 Å². The van der Waals surface area contributed by atoms with Crippen LogP contribution < -0.4 is 0 Å². The van der Waals surface area contributed by atoms with E-state index in [9.17, 15) is 9.59 Å². The zero-order valence-corrected chi connectivity index (χ0v) is 6.65. The number of aliphatic carboxylic acids is 1. The molecule has 1 saturated heterocycles. The number of carbonyl (C=O) groups excluding carboxylic acids is 1. The van der Waals surface area contributed by atoms with Crippen LogP contribution in [0.1, 0.15) is 6.42 Å². The topological polar surface area (TPSA) is 66.8 Å². The fraction of sp³-hybridized carbons (Fsp3) is 0.714. The summed E-state index contributed by atoms with van der Waals surface area (Å²) >= 11 is 0. The molecule has 1 aliphatic heterocycles. The number of ether oxygens (including phenoxy) is 1. The number of carboxylic acids is 1. The number of esters is 1. The Kier molecular flexibility index (Phi) is 3.04. The molecule has 68 valence electrons. The maximum atomic E-state index is 10.7. The van der Waals surface area contributed by atoms with Crippen LogP contribution in [0.15, 0.2) is 0 Å². The van der Waals surface area contributed by atoms with E-state index in [-0.39, 0.29) is 18.9 Å². The van der Waals surface area contributed by atoms with Crippen LogP contribution in [0, 0.1) is 0 Å². The first-order valence-electron chi connectivity index (χ1n) is 3.78. The van der Waals surface area contributed by atoms with Gasteiger partial charge in [-0.15, -0.1) is 0 Å². The van der Waals surface area contributed by atoms with Crippen LogP contribution >= 0.6 is 0 Å². The van der Waals surface area contributed by atoms with Gasteiger partial charge in [0.2, 0.25) is 0 Å². The summed E-state index contributed by atoms with van der Waals surface area (Å²) in [6.45, 7) is 1.27. The molecule has 5 heteroatoms. The molecule has 12 heavy (non-hydrogen) atoms. The Bertz CT molecular complexity index is 192. The van der Waals surface area contributed by atoms with Crippen molar-refractivity contribution in [2.75, 3.05) is 26.2 Å². The molecule has 0 bridgehead atoms. The highest BCUT2D eigenvalue weighted by Crippen LogP contribution is 1.99. The van der Waals surface area contributed by atoms with Crippen molar-refractivity contribution in [2.24, 2.45) is 0 Å². The second-order valence-electron chi connectivity index (χ2n) is 2.64. The quantitative estimate of drug-likeness (QED) is 0.560. The summed E-state index contributed by atoms with van der Waals surface area (Å²) in [7, 11) is 0. The van der Waals surface area contributed by atoms with Crippen LogP contribution in [0.25, 0.3) is 0 Å². The van der Waals surface area contributed by atoms with Crippen molar-refractivity contribution in [3.05, 3.63) is 0 Å². The van der Waals surface area contributed by atoms with E-state index >= 15 is 0 Å². The Morgan fingerprint density at radius 3 is 3.00 bits per heavy atom. The number of hydrogen-bond donors (Lipinski definition) is 1. The van der Waals surface area contributed by atoms with Crippen LogP contribution in [-0.4, -0.2) is 48.2 Å². The summed E-state index contributed by atoms with van der Waals surface area (Å²) in [6, 6.07) is 0. The fourth-order valence-corrected chi connectivity index (χ4v) is 1.07. The summed E-state index contributed by atoms with van der Waals surface area (Å²) in [5.41, 5.74) is 0. The molecule has 1 aliphatic rings. The lowest BCUT2D eigenvalue weighted by molar-refractivity contribution is -0.142. The predicted octanol–water partition coefficient (Wildman–Crippen LogP) is -0.680. The second-order valence-corrected chi connectivity index (χ2v) is 2.64. The molecule has 1 rings (SSSR count). The second kappa shape index (κ2) is 4.06. The van der Waals surface area contributed by atoms with Gasteiger partial charge in [0, 0.05) is 13.1 Å². The minimum Gasteiger partial charge on any atom is -0.480 e. The number of hydrogen-bond acceptors (Lipinski definition) is 4. The average molecular weight is 173 g/mol. The number of carboxylic acid groups (broad SMARTS) is 1. The minimum absolute atomic E-state index is 0.0172. The lowest BCUT2D eigenvalue weighted by Gasteiger charge is -2.14. The van der Waals surface area contributed by atoms with Gasteiger partial charge in [0.05, 0.1) is 13.0 Å². The van der Waals surface area contributed by atoms with E-state index < -0.39 is 5.97 Å². The van der Waals surface area contributed by atoms with E-state index in [0.717, 1.165) is 0 Å². The van der Waals surface area contributed by atoms with Crippen LogP contribution in [0.2, 0.25) is 0 Å². The fourth-order valence-electron chi connectivity index (χ4n) is 1.07. The molecule has 1 heterocycles. The zero-order valence-electron chi connectivity index (χ0n) is 6.65. The Balaban J connectivity index is 2.35. The molecule has 1 N–H and O–H groups in total. The lowest BCUT2D eigenvalue weighted by atomic mass is 10.4. The average Bonchev–Trinajstić information content (AvgIpc) is 2.15. The molecule has 0 aliphatic carbocycles. The van der Waals surface area contributed by atoms with Crippen molar-refractivity contribution in [3.8, 4) is 0 Å². The smallest absolute Gasteiger partial charge is 0.317 e. The molecular weight excluding hydrogens is 162 g/mol. The number of cyclic esters (lactones) is 1. The molecule has 5 nitrogen and oxygen atoms in total. The molecule has 1 fully saturated rings.